The molecule has 1 rings (SSSR count). The van der Waals surface area contributed by atoms with Crippen LogP contribution in [0.1, 0.15) is 19.4 Å². The fourth-order valence-corrected chi connectivity index (χ4v) is 1.78. The van der Waals surface area contributed by atoms with Gasteiger partial charge in [-0.25, -0.2) is 0 Å². The maximum absolute atomic E-state index is 12.7. The number of hydrogen-bond acceptors (Lipinski definition) is 2. The summed E-state index contributed by atoms with van der Waals surface area (Å²) in [6.45, 7) is 3.35. The molecule has 0 bridgehead atoms. The van der Waals surface area contributed by atoms with Crippen molar-refractivity contribution in [2.45, 2.75) is 20.0 Å². The van der Waals surface area contributed by atoms with Gasteiger partial charge in [0, 0.05) is 5.69 Å². The smallest absolute Gasteiger partial charge is 0.325 e. The molecular weight excluding hydrogens is 293 g/mol. The molecule has 7 heteroatoms. The molecule has 1 aromatic rings. The molecule has 0 saturated heterocycles. The zero-order valence-corrected chi connectivity index (χ0v) is 11.5. The van der Waals surface area contributed by atoms with Crippen LogP contribution in [0.3, 0.4) is 0 Å². The topological polar surface area (TPSA) is 52.9 Å². The highest BCUT2D eigenvalue weighted by atomic mass is 35.5. The third-order valence-corrected chi connectivity index (χ3v) is 2.96. The SMILES string of the molecule is CC(C)C(C#N)C(=O)Nc1ccc(Cl)c(C(F)(F)F)c1. The van der Waals surface area contributed by atoms with Crippen molar-refractivity contribution >= 4 is 23.2 Å². The molecule has 0 radical (unpaired) electrons. The lowest BCUT2D eigenvalue weighted by atomic mass is 9.96. The van der Waals surface area contributed by atoms with E-state index in [1.165, 1.54) is 6.07 Å². The third-order valence-electron chi connectivity index (χ3n) is 2.63. The number of nitrogens with one attached hydrogen (secondary N) is 1. The monoisotopic (exact) mass is 304 g/mol. The molecule has 0 aromatic heterocycles. The predicted octanol–water partition coefficient (Wildman–Crippen LogP) is 4.09. The van der Waals surface area contributed by atoms with Crippen molar-refractivity contribution in [2.24, 2.45) is 11.8 Å². The number of carbonyl (C=O) groups excluding carboxylic acids is 1. The number of anilines is 1. The normalized spacial score (nSPS) is 12.9. The Labute approximate surface area is 119 Å². The van der Waals surface area contributed by atoms with Gasteiger partial charge in [-0.15, -0.1) is 0 Å². The van der Waals surface area contributed by atoms with Crippen molar-refractivity contribution < 1.29 is 18.0 Å². The van der Waals surface area contributed by atoms with E-state index in [9.17, 15) is 18.0 Å². The van der Waals surface area contributed by atoms with E-state index in [0.29, 0.717) is 0 Å². The molecule has 1 unspecified atom stereocenters. The van der Waals surface area contributed by atoms with Gasteiger partial charge in [0.15, 0.2) is 0 Å². The summed E-state index contributed by atoms with van der Waals surface area (Å²) in [6.07, 6.45) is -4.61. The number of carbonyl (C=O) groups is 1. The largest absolute Gasteiger partial charge is 0.417 e. The summed E-state index contributed by atoms with van der Waals surface area (Å²) in [5.41, 5.74) is -1.08. The van der Waals surface area contributed by atoms with Gasteiger partial charge in [0.25, 0.3) is 0 Å². The molecule has 0 spiro atoms. The van der Waals surface area contributed by atoms with Crippen LogP contribution in [-0.2, 0) is 11.0 Å². The molecule has 0 fully saturated rings. The summed E-state index contributed by atoms with van der Waals surface area (Å²) in [5, 5.41) is 10.7. The molecule has 108 valence electrons. The van der Waals surface area contributed by atoms with Gasteiger partial charge < -0.3 is 5.32 Å². The van der Waals surface area contributed by atoms with Crippen LogP contribution in [0.2, 0.25) is 5.02 Å². The maximum Gasteiger partial charge on any atom is 0.417 e. The van der Waals surface area contributed by atoms with Crippen LogP contribution in [-0.4, -0.2) is 5.91 Å². The predicted molar refractivity (Wildman–Crippen MR) is 69.0 cm³/mol. The van der Waals surface area contributed by atoms with Crippen LogP contribution in [0.25, 0.3) is 0 Å². The summed E-state index contributed by atoms with van der Waals surface area (Å²) in [5.74, 6) is -1.81. The van der Waals surface area contributed by atoms with Gasteiger partial charge in [0.1, 0.15) is 5.92 Å². The van der Waals surface area contributed by atoms with Gasteiger partial charge >= 0.3 is 6.18 Å². The first kappa shape index (κ1) is 16.3. The Morgan fingerprint density at radius 3 is 2.45 bits per heavy atom. The first-order chi connectivity index (χ1) is 9.16. The van der Waals surface area contributed by atoms with E-state index >= 15 is 0 Å². The van der Waals surface area contributed by atoms with Gasteiger partial charge in [-0.3, -0.25) is 4.79 Å². The number of alkyl halides is 3. The number of halogens is 4. The molecule has 1 atom stereocenters. The lowest BCUT2D eigenvalue weighted by molar-refractivity contribution is -0.137. The average molecular weight is 305 g/mol. The third kappa shape index (κ3) is 3.87. The van der Waals surface area contributed by atoms with E-state index in [4.69, 9.17) is 16.9 Å². The summed E-state index contributed by atoms with van der Waals surface area (Å²) in [6, 6.07) is 4.87. The van der Waals surface area contributed by atoms with Crippen LogP contribution < -0.4 is 5.32 Å². The van der Waals surface area contributed by atoms with E-state index < -0.39 is 28.6 Å². The lowest BCUT2D eigenvalue weighted by Crippen LogP contribution is -2.25. The quantitative estimate of drug-likeness (QED) is 0.914. The average Bonchev–Trinajstić information content (AvgIpc) is 2.30. The lowest BCUT2D eigenvalue weighted by Gasteiger charge is -2.15. The molecule has 0 aliphatic rings. The summed E-state index contributed by atoms with van der Waals surface area (Å²) in [4.78, 5) is 11.8. The van der Waals surface area contributed by atoms with Gasteiger partial charge in [0.2, 0.25) is 5.91 Å². The number of nitrogens with zero attached hydrogens (tertiary/aromatic N) is 1. The molecule has 1 N–H and O–H groups in total. The maximum atomic E-state index is 12.7. The van der Waals surface area contributed by atoms with Gasteiger partial charge in [-0.2, -0.15) is 18.4 Å². The van der Waals surface area contributed by atoms with Crippen LogP contribution >= 0.6 is 11.6 Å². The van der Waals surface area contributed by atoms with Crippen LogP contribution in [0.15, 0.2) is 18.2 Å². The molecule has 0 saturated carbocycles. The summed E-state index contributed by atoms with van der Waals surface area (Å²) >= 11 is 5.47. The minimum absolute atomic E-state index is 0.0485. The Bertz CT molecular complexity index is 550. The molecule has 0 heterocycles. The number of benzene rings is 1. The zero-order chi connectivity index (χ0) is 15.5. The number of nitriles is 1. The Kier molecular flexibility index (Phi) is 5.01. The molecule has 0 aliphatic heterocycles. The summed E-state index contributed by atoms with van der Waals surface area (Å²) < 4.78 is 38.0. The molecule has 0 aliphatic carbocycles. The number of rotatable bonds is 3. The second-order valence-corrected chi connectivity index (χ2v) is 4.94. The molecule has 1 amide bonds. The first-order valence-corrected chi connectivity index (χ1v) is 6.12. The van der Waals surface area contributed by atoms with Gasteiger partial charge in [-0.05, 0) is 24.1 Å². The van der Waals surface area contributed by atoms with E-state index in [2.05, 4.69) is 5.32 Å². The number of amides is 1. The second-order valence-electron chi connectivity index (χ2n) is 4.53. The van der Waals surface area contributed by atoms with Gasteiger partial charge in [-0.1, -0.05) is 25.4 Å². The van der Waals surface area contributed by atoms with Crippen molar-refractivity contribution in [3.8, 4) is 6.07 Å². The fourth-order valence-electron chi connectivity index (χ4n) is 1.55. The van der Waals surface area contributed by atoms with Crippen LogP contribution in [0.5, 0.6) is 0 Å². The van der Waals surface area contributed by atoms with Crippen molar-refractivity contribution in [1.82, 2.24) is 0 Å². The van der Waals surface area contributed by atoms with Crippen LogP contribution in [0, 0.1) is 23.2 Å². The van der Waals surface area contributed by atoms with Crippen molar-refractivity contribution in [2.75, 3.05) is 5.32 Å². The minimum Gasteiger partial charge on any atom is -0.325 e. The highest BCUT2D eigenvalue weighted by Gasteiger charge is 2.33. The van der Waals surface area contributed by atoms with Crippen molar-refractivity contribution in [3.05, 3.63) is 28.8 Å². The van der Waals surface area contributed by atoms with E-state index in [1.54, 1.807) is 13.8 Å². The molecule has 3 nitrogen and oxygen atoms in total. The molecular formula is C13H12ClF3N2O. The van der Waals surface area contributed by atoms with E-state index in [1.807, 2.05) is 6.07 Å². The number of hydrogen-bond donors (Lipinski definition) is 1. The Morgan fingerprint density at radius 1 is 1.40 bits per heavy atom. The second kappa shape index (κ2) is 6.14. The Morgan fingerprint density at radius 2 is 2.00 bits per heavy atom. The van der Waals surface area contributed by atoms with Crippen LogP contribution in [0.4, 0.5) is 18.9 Å². The fraction of sp³-hybridized carbons (Fsp3) is 0.385. The Balaban J connectivity index is 3.01. The molecule has 20 heavy (non-hydrogen) atoms. The standard InChI is InChI=1S/C13H12ClF3N2O/c1-7(2)9(6-18)12(20)19-8-3-4-11(14)10(5-8)13(15,16)17/h3-5,7,9H,1-2H3,(H,19,20). The van der Waals surface area contributed by atoms with E-state index in [-0.39, 0.29) is 11.6 Å². The minimum atomic E-state index is -4.61. The first-order valence-electron chi connectivity index (χ1n) is 5.74. The Hall–Kier alpha value is -1.74. The van der Waals surface area contributed by atoms with Crippen molar-refractivity contribution in [1.29, 1.82) is 5.26 Å². The highest BCUT2D eigenvalue weighted by molar-refractivity contribution is 6.31. The van der Waals surface area contributed by atoms with Gasteiger partial charge in [0.05, 0.1) is 16.7 Å². The zero-order valence-electron chi connectivity index (χ0n) is 10.8. The summed E-state index contributed by atoms with van der Waals surface area (Å²) in [7, 11) is 0. The molecule has 1 aromatic carbocycles. The van der Waals surface area contributed by atoms with E-state index in [0.717, 1.165) is 12.1 Å². The highest BCUT2D eigenvalue weighted by Crippen LogP contribution is 2.36. The van der Waals surface area contributed by atoms with Crippen molar-refractivity contribution in [3.63, 3.8) is 0 Å².